The van der Waals surface area contributed by atoms with Crippen molar-refractivity contribution in [3.63, 3.8) is 0 Å². The highest BCUT2D eigenvalue weighted by atomic mass is 35.5. The molecule has 0 bridgehead atoms. The first kappa shape index (κ1) is 14.0. The number of carbonyl (C=O) groups is 2. The molecule has 1 aliphatic carbocycles. The molecule has 6 nitrogen and oxygen atoms in total. The molecule has 2 aliphatic rings. The van der Waals surface area contributed by atoms with Crippen molar-refractivity contribution in [3.05, 3.63) is 22.7 Å². The van der Waals surface area contributed by atoms with Gasteiger partial charge >= 0.3 is 5.97 Å². The minimum atomic E-state index is -0.859. The van der Waals surface area contributed by atoms with Crippen molar-refractivity contribution in [2.75, 3.05) is 6.79 Å². The maximum atomic E-state index is 12.1. The zero-order chi connectivity index (χ0) is 15.0. The molecule has 0 saturated heterocycles. The number of hydrogen-bond donors (Lipinski definition) is 1. The lowest BCUT2D eigenvalue weighted by molar-refractivity contribution is -0.129. The summed E-state index contributed by atoms with van der Waals surface area (Å²) in [5.74, 6) is -0.122. The molecule has 1 aromatic rings. The summed E-state index contributed by atoms with van der Waals surface area (Å²) >= 11 is 6.00. The number of nitrogens with one attached hydrogen (secondary N) is 1. The van der Waals surface area contributed by atoms with Gasteiger partial charge in [0.1, 0.15) is 0 Å². The Morgan fingerprint density at radius 2 is 2.14 bits per heavy atom. The molecule has 112 valence electrons. The van der Waals surface area contributed by atoms with E-state index in [0.29, 0.717) is 11.5 Å². The number of fused-ring (bicyclic) bond motifs is 1. The fourth-order valence-corrected chi connectivity index (χ4v) is 2.18. The second-order valence-electron chi connectivity index (χ2n) is 5.02. The van der Waals surface area contributed by atoms with Gasteiger partial charge in [-0.3, -0.25) is 4.79 Å². The monoisotopic (exact) mass is 311 g/mol. The molecule has 1 unspecified atom stereocenters. The fraction of sp³-hybridized carbons (Fsp3) is 0.429. The van der Waals surface area contributed by atoms with Crippen LogP contribution in [0.5, 0.6) is 11.5 Å². The Balaban J connectivity index is 1.67. The fourth-order valence-electron chi connectivity index (χ4n) is 1.91. The van der Waals surface area contributed by atoms with Crippen molar-refractivity contribution in [2.24, 2.45) is 0 Å². The Labute approximate surface area is 126 Å². The van der Waals surface area contributed by atoms with Crippen molar-refractivity contribution in [3.8, 4) is 11.5 Å². The minimum absolute atomic E-state index is 0.0632. The molecule has 1 atom stereocenters. The summed E-state index contributed by atoms with van der Waals surface area (Å²) in [5, 5.41) is 3.05. The van der Waals surface area contributed by atoms with Crippen LogP contribution in [0.3, 0.4) is 0 Å². The van der Waals surface area contributed by atoms with Crippen LogP contribution < -0.4 is 14.8 Å². The van der Waals surface area contributed by atoms with Gasteiger partial charge in [0.05, 0.1) is 10.6 Å². The van der Waals surface area contributed by atoms with Crippen LogP contribution in [0.15, 0.2) is 12.1 Å². The maximum absolute atomic E-state index is 12.1. The third kappa shape index (κ3) is 3.05. The van der Waals surface area contributed by atoms with E-state index in [1.807, 2.05) is 0 Å². The highest BCUT2D eigenvalue weighted by molar-refractivity contribution is 6.32. The summed E-state index contributed by atoms with van der Waals surface area (Å²) in [6.07, 6.45) is 1.09. The van der Waals surface area contributed by atoms with E-state index in [9.17, 15) is 9.59 Å². The van der Waals surface area contributed by atoms with Gasteiger partial charge in [-0.2, -0.15) is 0 Å². The molecule has 1 N–H and O–H groups in total. The molecule has 0 aromatic heterocycles. The molecule has 7 heteroatoms. The highest BCUT2D eigenvalue weighted by Gasteiger charge is 2.28. The summed E-state index contributed by atoms with van der Waals surface area (Å²) in [7, 11) is 0. The molecule has 21 heavy (non-hydrogen) atoms. The number of hydrogen-bond acceptors (Lipinski definition) is 5. The Bertz CT molecular complexity index is 599. The van der Waals surface area contributed by atoms with Gasteiger partial charge in [0.15, 0.2) is 17.6 Å². The van der Waals surface area contributed by atoms with Crippen molar-refractivity contribution in [2.45, 2.75) is 31.9 Å². The highest BCUT2D eigenvalue weighted by Crippen LogP contribution is 2.39. The van der Waals surface area contributed by atoms with Crippen molar-refractivity contribution >= 4 is 23.5 Å². The molecule has 1 fully saturated rings. The molecule has 1 amide bonds. The number of rotatable bonds is 4. The number of benzene rings is 1. The molecular formula is C14H14ClNO5. The van der Waals surface area contributed by atoms with Gasteiger partial charge in [-0.05, 0) is 31.9 Å². The summed E-state index contributed by atoms with van der Waals surface area (Å²) in [6, 6.07) is 3.14. The van der Waals surface area contributed by atoms with Crippen LogP contribution in [0.1, 0.15) is 30.1 Å². The lowest BCUT2D eigenvalue weighted by atomic mass is 10.2. The predicted octanol–water partition coefficient (Wildman–Crippen LogP) is 1.89. The lowest BCUT2D eigenvalue weighted by Crippen LogP contribution is -2.37. The van der Waals surface area contributed by atoms with Crippen LogP contribution in [0.25, 0.3) is 0 Å². The van der Waals surface area contributed by atoms with E-state index in [1.165, 1.54) is 19.1 Å². The number of esters is 1. The molecule has 0 spiro atoms. The standard InChI is InChI=1S/C14H14ClNO5/c1-7(13(17)16-9-2-3-9)21-14(18)8-4-10(15)12-11(5-8)19-6-20-12/h4-5,7,9H,2-3,6H2,1H3,(H,16,17). The van der Waals surface area contributed by atoms with E-state index >= 15 is 0 Å². The van der Waals surface area contributed by atoms with Crippen LogP contribution in [-0.4, -0.2) is 30.8 Å². The molecule has 1 saturated carbocycles. The Morgan fingerprint density at radius 3 is 2.86 bits per heavy atom. The lowest BCUT2D eigenvalue weighted by Gasteiger charge is -2.13. The van der Waals surface area contributed by atoms with E-state index in [0.717, 1.165) is 12.8 Å². The van der Waals surface area contributed by atoms with Gasteiger partial charge in [-0.1, -0.05) is 11.6 Å². The average Bonchev–Trinajstić information content (AvgIpc) is 3.12. The van der Waals surface area contributed by atoms with E-state index in [4.69, 9.17) is 25.8 Å². The van der Waals surface area contributed by atoms with Crippen molar-refractivity contribution in [1.82, 2.24) is 5.32 Å². The van der Waals surface area contributed by atoms with Gasteiger partial charge < -0.3 is 19.5 Å². The van der Waals surface area contributed by atoms with Crippen LogP contribution in [0.2, 0.25) is 5.02 Å². The topological polar surface area (TPSA) is 73.9 Å². The summed E-state index contributed by atoms with van der Waals surface area (Å²) in [6.45, 7) is 1.60. The average molecular weight is 312 g/mol. The molecule has 1 aromatic carbocycles. The van der Waals surface area contributed by atoms with Gasteiger partial charge in [0, 0.05) is 6.04 Å². The molecule has 0 radical (unpaired) electrons. The molecule has 1 heterocycles. The third-order valence-electron chi connectivity index (χ3n) is 3.24. The number of halogens is 1. The normalized spacial score (nSPS) is 17.2. The first-order valence-corrected chi connectivity index (χ1v) is 7.03. The second-order valence-corrected chi connectivity index (χ2v) is 5.43. The first-order chi connectivity index (χ1) is 10.0. The smallest absolute Gasteiger partial charge is 0.339 e. The Kier molecular flexibility index (Phi) is 3.63. The van der Waals surface area contributed by atoms with E-state index in [1.54, 1.807) is 0 Å². The zero-order valence-electron chi connectivity index (χ0n) is 11.3. The zero-order valence-corrected chi connectivity index (χ0v) is 12.1. The van der Waals surface area contributed by atoms with Gasteiger partial charge in [-0.25, -0.2) is 4.79 Å². The second kappa shape index (κ2) is 5.44. The number of amides is 1. The van der Waals surface area contributed by atoms with E-state index in [2.05, 4.69) is 5.32 Å². The molecule has 3 rings (SSSR count). The van der Waals surface area contributed by atoms with Gasteiger partial charge in [0.2, 0.25) is 6.79 Å². The first-order valence-electron chi connectivity index (χ1n) is 6.65. The molecule has 1 aliphatic heterocycles. The Hall–Kier alpha value is -1.95. The van der Waals surface area contributed by atoms with Crippen LogP contribution >= 0.6 is 11.6 Å². The molecular weight excluding hydrogens is 298 g/mol. The van der Waals surface area contributed by atoms with Gasteiger partial charge in [0.25, 0.3) is 5.91 Å². The predicted molar refractivity (Wildman–Crippen MR) is 73.6 cm³/mol. The summed E-state index contributed by atoms with van der Waals surface area (Å²) < 4.78 is 15.5. The van der Waals surface area contributed by atoms with Crippen LogP contribution in [0.4, 0.5) is 0 Å². The van der Waals surface area contributed by atoms with Crippen molar-refractivity contribution in [1.29, 1.82) is 0 Å². The largest absolute Gasteiger partial charge is 0.454 e. The quantitative estimate of drug-likeness (QED) is 0.860. The third-order valence-corrected chi connectivity index (χ3v) is 3.52. The summed E-state index contributed by atoms with van der Waals surface area (Å²) in [4.78, 5) is 23.8. The van der Waals surface area contributed by atoms with E-state index < -0.39 is 12.1 Å². The minimum Gasteiger partial charge on any atom is -0.454 e. The number of carbonyl (C=O) groups excluding carboxylic acids is 2. The summed E-state index contributed by atoms with van der Waals surface area (Å²) in [5.41, 5.74) is 0.218. The Morgan fingerprint density at radius 1 is 1.38 bits per heavy atom. The van der Waals surface area contributed by atoms with E-state index in [-0.39, 0.29) is 29.3 Å². The number of ether oxygens (including phenoxy) is 3. The van der Waals surface area contributed by atoms with Crippen LogP contribution in [0, 0.1) is 0 Å². The van der Waals surface area contributed by atoms with Gasteiger partial charge in [-0.15, -0.1) is 0 Å². The SMILES string of the molecule is CC(OC(=O)c1cc(Cl)c2c(c1)OCO2)C(=O)NC1CC1. The van der Waals surface area contributed by atoms with Crippen molar-refractivity contribution < 1.29 is 23.8 Å². The van der Waals surface area contributed by atoms with Crippen LogP contribution in [-0.2, 0) is 9.53 Å². The maximum Gasteiger partial charge on any atom is 0.339 e.